The van der Waals surface area contributed by atoms with Crippen molar-refractivity contribution < 1.29 is 9.53 Å². The van der Waals surface area contributed by atoms with Crippen LogP contribution < -0.4 is 5.56 Å². The Bertz CT molecular complexity index is 1140. The minimum absolute atomic E-state index is 0.177. The quantitative estimate of drug-likeness (QED) is 0.412. The molecule has 2 heterocycles. The fourth-order valence-corrected chi connectivity index (χ4v) is 3.19. The van der Waals surface area contributed by atoms with E-state index in [1.807, 2.05) is 36.4 Å². The maximum Gasteiger partial charge on any atom is 0.310 e. The standard InChI is InChI=1S/C22H21N3O3/c1-2-3-12-28-20(26)13-15-8-10-16(11-9-15)25-22(27)18-14-23-19-7-5-4-6-17(19)21(18)24-25/h4-11,14,23H,2-3,12-13H2,1H3. The Balaban J connectivity index is 1.61. The first kappa shape index (κ1) is 18.0. The summed E-state index contributed by atoms with van der Waals surface area (Å²) in [5.41, 5.74) is 3.46. The highest BCUT2D eigenvalue weighted by molar-refractivity contribution is 5.93. The molecule has 6 heteroatoms. The number of carbonyl (C=O) groups excluding carboxylic acids is 1. The smallest absolute Gasteiger partial charge is 0.310 e. The van der Waals surface area contributed by atoms with Crippen LogP contribution in [0.3, 0.4) is 0 Å². The number of esters is 1. The Morgan fingerprint density at radius 1 is 1.14 bits per heavy atom. The van der Waals surface area contributed by atoms with Gasteiger partial charge in [0.25, 0.3) is 5.56 Å². The molecule has 4 rings (SSSR count). The molecule has 28 heavy (non-hydrogen) atoms. The first-order valence-electron chi connectivity index (χ1n) is 9.41. The van der Waals surface area contributed by atoms with Gasteiger partial charge in [-0.1, -0.05) is 43.7 Å². The van der Waals surface area contributed by atoms with Gasteiger partial charge in [0.05, 0.1) is 24.3 Å². The summed E-state index contributed by atoms with van der Waals surface area (Å²) < 4.78 is 6.59. The molecular weight excluding hydrogens is 354 g/mol. The second kappa shape index (κ2) is 7.68. The van der Waals surface area contributed by atoms with Crippen LogP contribution in [0.25, 0.3) is 27.8 Å². The predicted molar refractivity (Wildman–Crippen MR) is 108 cm³/mol. The summed E-state index contributed by atoms with van der Waals surface area (Å²) in [6.07, 6.45) is 3.78. The number of unbranched alkanes of at least 4 members (excludes halogenated alkanes) is 1. The molecule has 2 aromatic rings. The van der Waals surface area contributed by atoms with Gasteiger partial charge in [0, 0.05) is 17.1 Å². The van der Waals surface area contributed by atoms with Gasteiger partial charge in [-0.05, 0) is 30.2 Å². The minimum Gasteiger partial charge on any atom is -0.465 e. The summed E-state index contributed by atoms with van der Waals surface area (Å²) in [5.74, 6) is -0.238. The van der Waals surface area contributed by atoms with Crippen molar-refractivity contribution >= 4 is 16.9 Å². The van der Waals surface area contributed by atoms with E-state index in [0.29, 0.717) is 23.6 Å². The first-order valence-corrected chi connectivity index (χ1v) is 9.41. The van der Waals surface area contributed by atoms with E-state index in [0.717, 1.165) is 29.3 Å². The number of carbonyl (C=O) groups is 1. The Hall–Kier alpha value is -3.41. The molecule has 0 atom stereocenters. The zero-order valence-corrected chi connectivity index (χ0v) is 15.6. The highest BCUT2D eigenvalue weighted by Crippen LogP contribution is 2.25. The molecule has 2 aromatic carbocycles. The summed E-state index contributed by atoms with van der Waals surface area (Å²) >= 11 is 0. The molecule has 1 N–H and O–H groups in total. The van der Waals surface area contributed by atoms with E-state index >= 15 is 0 Å². The lowest BCUT2D eigenvalue weighted by molar-refractivity contribution is -0.142. The largest absolute Gasteiger partial charge is 0.465 e. The Kier molecular flexibility index (Phi) is 4.93. The molecule has 0 spiro atoms. The van der Waals surface area contributed by atoms with Crippen molar-refractivity contribution in [3.05, 3.63) is 70.6 Å². The van der Waals surface area contributed by atoms with Crippen LogP contribution in [-0.2, 0) is 16.0 Å². The molecule has 0 aromatic heterocycles. The molecule has 142 valence electrons. The average molecular weight is 375 g/mol. The molecule has 0 radical (unpaired) electrons. The number of H-pyrrole nitrogens is 1. The second-order valence-electron chi connectivity index (χ2n) is 6.73. The highest BCUT2D eigenvalue weighted by atomic mass is 16.5. The minimum atomic E-state index is -0.238. The van der Waals surface area contributed by atoms with Gasteiger partial charge >= 0.3 is 5.97 Å². The highest BCUT2D eigenvalue weighted by Gasteiger charge is 2.18. The van der Waals surface area contributed by atoms with Gasteiger partial charge < -0.3 is 9.72 Å². The molecular formula is C22H21N3O3. The molecule has 0 saturated carbocycles. The summed E-state index contributed by atoms with van der Waals surface area (Å²) in [7, 11) is 0. The van der Waals surface area contributed by atoms with Crippen molar-refractivity contribution in [3.8, 4) is 16.9 Å². The van der Waals surface area contributed by atoms with Crippen molar-refractivity contribution in [1.82, 2.24) is 14.8 Å². The Morgan fingerprint density at radius 2 is 1.93 bits per heavy atom. The molecule has 0 saturated heterocycles. The van der Waals surface area contributed by atoms with Gasteiger partial charge in [-0.3, -0.25) is 9.59 Å². The summed E-state index contributed by atoms with van der Waals surface area (Å²) in [5, 5.41) is 5.45. The van der Waals surface area contributed by atoms with Gasteiger partial charge in [-0.2, -0.15) is 9.78 Å². The molecule has 0 fully saturated rings. The van der Waals surface area contributed by atoms with Crippen LogP contribution in [-0.4, -0.2) is 27.3 Å². The zero-order valence-electron chi connectivity index (χ0n) is 15.6. The maximum atomic E-state index is 12.8. The second-order valence-corrected chi connectivity index (χ2v) is 6.73. The van der Waals surface area contributed by atoms with Crippen LogP contribution in [0.1, 0.15) is 25.3 Å². The lowest BCUT2D eigenvalue weighted by Gasteiger charge is -2.05. The molecule has 2 aliphatic heterocycles. The van der Waals surface area contributed by atoms with Crippen molar-refractivity contribution in [2.24, 2.45) is 0 Å². The van der Waals surface area contributed by atoms with E-state index in [1.165, 1.54) is 4.68 Å². The summed E-state index contributed by atoms with van der Waals surface area (Å²) in [4.78, 5) is 27.8. The van der Waals surface area contributed by atoms with Crippen molar-refractivity contribution in [2.75, 3.05) is 6.61 Å². The van der Waals surface area contributed by atoms with E-state index < -0.39 is 0 Å². The molecule has 2 aliphatic rings. The normalized spacial score (nSPS) is 11.2. The van der Waals surface area contributed by atoms with Crippen LogP contribution in [0.4, 0.5) is 0 Å². The van der Waals surface area contributed by atoms with Gasteiger partial charge in [0.2, 0.25) is 0 Å². The van der Waals surface area contributed by atoms with Crippen molar-refractivity contribution in [1.29, 1.82) is 0 Å². The fourth-order valence-electron chi connectivity index (χ4n) is 3.19. The van der Waals surface area contributed by atoms with E-state index in [4.69, 9.17) is 4.74 Å². The topological polar surface area (TPSA) is 77.0 Å². The van der Waals surface area contributed by atoms with Crippen LogP contribution in [0.15, 0.2) is 59.5 Å². The third kappa shape index (κ3) is 3.41. The van der Waals surface area contributed by atoms with Crippen molar-refractivity contribution in [2.45, 2.75) is 26.2 Å². The Morgan fingerprint density at radius 3 is 2.71 bits per heavy atom. The number of rotatable bonds is 6. The SMILES string of the molecule is CCCCOC(=O)Cc1ccc(-n2nc3c4ccccc4[nH]cc-3c2=O)cc1. The third-order valence-corrected chi connectivity index (χ3v) is 4.72. The predicted octanol–water partition coefficient (Wildman–Crippen LogP) is 3.70. The number of hydrogen-bond donors (Lipinski definition) is 1. The zero-order chi connectivity index (χ0) is 19.5. The summed E-state index contributed by atoms with van der Waals surface area (Å²) in [6.45, 7) is 2.51. The number of para-hydroxylation sites is 1. The lowest BCUT2D eigenvalue weighted by atomic mass is 10.1. The number of nitrogens with one attached hydrogen (secondary N) is 1. The van der Waals surface area contributed by atoms with Gasteiger partial charge in [0.15, 0.2) is 0 Å². The number of fused-ring (bicyclic) bond motifs is 3. The average Bonchev–Trinajstić information content (AvgIpc) is 3.06. The number of aromatic nitrogens is 3. The van der Waals surface area contributed by atoms with Crippen LogP contribution in [0.5, 0.6) is 0 Å². The number of aromatic amines is 1. The van der Waals surface area contributed by atoms with Gasteiger partial charge in [-0.15, -0.1) is 0 Å². The van der Waals surface area contributed by atoms with Gasteiger partial charge in [0.1, 0.15) is 5.69 Å². The molecule has 6 nitrogen and oxygen atoms in total. The van der Waals surface area contributed by atoms with E-state index in [9.17, 15) is 9.59 Å². The molecule has 0 unspecified atom stereocenters. The number of hydrogen-bond acceptors (Lipinski definition) is 4. The van der Waals surface area contributed by atoms with Crippen LogP contribution in [0, 0.1) is 0 Å². The number of ether oxygens (including phenoxy) is 1. The fraction of sp³-hybridized carbons (Fsp3) is 0.227. The van der Waals surface area contributed by atoms with Crippen LogP contribution >= 0.6 is 0 Å². The molecule has 0 bridgehead atoms. The van der Waals surface area contributed by atoms with E-state index in [-0.39, 0.29) is 17.9 Å². The number of nitrogens with zero attached hydrogens (tertiary/aromatic N) is 2. The summed E-state index contributed by atoms with van der Waals surface area (Å²) in [6, 6.07) is 15.0. The third-order valence-electron chi connectivity index (χ3n) is 4.72. The van der Waals surface area contributed by atoms with Gasteiger partial charge in [-0.25, -0.2) is 0 Å². The number of pyridine rings is 1. The number of benzene rings is 2. The maximum absolute atomic E-state index is 12.8. The van der Waals surface area contributed by atoms with E-state index in [2.05, 4.69) is 17.0 Å². The monoisotopic (exact) mass is 375 g/mol. The molecule has 0 amide bonds. The van der Waals surface area contributed by atoms with Crippen molar-refractivity contribution in [3.63, 3.8) is 0 Å². The Labute approximate surface area is 162 Å². The lowest BCUT2D eigenvalue weighted by Crippen LogP contribution is -2.14. The first-order chi connectivity index (χ1) is 13.7. The van der Waals surface area contributed by atoms with Crippen LogP contribution in [0.2, 0.25) is 0 Å². The van der Waals surface area contributed by atoms with E-state index in [1.54, 1.807) is 18.3 Å². The molecule has 0 aliphatic carbocycles.